The first kappa shape index (κ1) is 17.6. The second-order valence-electron chi connectivity index (χ2n) is 7.39. The van der Waals surface area contributed by atoms with Gasteiger partial charge in [-0.25, -0.2) is 0 Å². The molecule has 0 saturated heterocycles. The minimum absolute atomic E-state index is 0.600. The van der Waals surface area contributed by atoms with Crippen molar-refractivity contribution in [3.63, 3.8) is 0 Å². The summed E-state index contributed by atoms with van der Waals surface area (Å²) in [6.45, 7) is 3.62. The molecule has 144 valence electrons. The lowest BCUT2D eigenvalue weighted by Gasteiger charge is -2.21. The summed E-state index contributed by atoms with van der Waals surface area (Å²) in [5, 5.41) is 0. The Bertz CT molecular complexity index is 1160. The number of rotatable bonds is 4. The molecule has 2 heterocycles. The lowest BCUT2D eigenvalue weighted by atomic mass is 10.0. The van der Waals surface area contributed by atoms with Gasteiger partial charge in [0.2, 0.25) is 0 Å². The van der Waals surface area contributed by atoms with Gasteiger partial charge in [0.1, 0.15) is 18.1 Å². The van der Waals surface area contributed by atoms with Crippen LogP contribution < -0.4 is 9.47 Å². The van der Waals surface area contributed by atoms with Crippen molar-refractivity contribution in [2.24, 2.45) is 0 Å². The SMILES string of the molecule is COc1ccc(-c2c(C)c3c(n2Cc2ccccc2)-c2ccccc2OC3)cc1. The molecule has 0 N–H and O–H groups in total. The fourth-order valence-corrected chi connectivity index (χ4v) is 4.27. The van der Waals surface area contributed by atoms with Gasteiger partial charge < -0.3 is 14.0 Å². The third-order valence-electron chi connectivity index (χ3n) is 5.69. The third kappa shape index (κ3) is 2.99. The molecule has 29 heavy (non-hydrogen) atoms. The maximum absolute atomic E-state index is 6.09. The average Bonchev–Trinajstić information content (AvgIpc) is 3.06. The summed E-state index contributed by atoms with van der Waals surface area (Å²) in [6, 6.07) is 27.3. The number of hydrogen-bond donors (Lipinski definition) is 0. The summed E-state index contributed by atoms with van der Waals surface area (Å²) in [5.41, 5.74) is 8.67. The van der Waals surface area contributed by atoms with Gasteiger partial charge in [0.25, 0.3) is 0 Å². The number of para-hydroxylation sites is 1. The zero-order valence-electron chi connectivity index (χ0n) is 16.7. The Morgan fingerprint density at radius 3 is 2.34 bits per heavy atom. The van der Waals surface area contributed by atoms with Crippen LogP contribution in [-0.2, 0) is 13.2 Å². The van der Waals surface area contributed by atoms with Gasteiger partial charge in [0, 0.05) is 17.7 Å². The highest BCUT2D eigenvalue weighted by molar-refractivity contribution is 5.81. The molecule has 0 amide bonds. The summed E-state index contributed by atoms with van der Waals surface area (Å²) >= 11 is 0. The van der Waals surface area contributed by atoms with E-state index in [9.17, 15) is 0 Å². The molecule has 1 aliphatic heterocycles. The number of aromatic nitrogens is 1. The smallest absolute Gasteiger partial charge is 0.129 e. The molecule has 0 atom stereocenters. The quantitative estimate of drug-likeness (QED) is 0.428. The number of nitrogens with zero attached hydrogens (tertiary/aromatic N) is 1. The monoisotopic (exact) mass is 381 g/mol. The van der Waals surface area contributed by atoms with Crippen LogP contribution in [0.25, 0.3) is 22.5 Å². The molecule has 0 saturated carbocycles. The predicted octanol–water partition coefficient (Wildman–Crippen LogP) is 6.08. The van der Waals surface area contributed by atoms with E-state index in [0.29, 0.717) is 6.61 Å². The van der Waals surface area contributed by atoms with E-state index < -0.39 is 0 Å². The number of methoxy groups -OCH3 is 1. The maximum Gasteiger partial charge on any atom is 0.129 e. The average molecular weight is 381 g/mol. The van der Waals surface area contributed by atoms with Crippen molar-refractivity contribution in [2.75, 3.05) is 7.11 Å². The maximum atomic E-state index is 6.09. The van der Waals surface area contributed by atoms with Crippen molar-refractivity contribution in [1.29, 1.82) is 0 Å². The van der Waals surface area contributed by atoms with E-state index in [1.54, 1.807) is 7.11 Å². The Morgan fingerprint density at radius 1 is 0.862 bits per heavy atom. The van der Waals surface area contributed by atoms with Crippen molar-refractivity contribution in [1.82, 2.24) is 4.57 Å². The molecule has 0 spiro atoms. The highest BCUT2D eigenvalue weighted by Gasteiger charge is 2.27. The van der Waals surface area contributed by atoms with E-state index in [1.165, 1.54) is 33.6 Å². The minimum atomic E-state index is 0.600. The van der Waals surface area contributed by atoms with Gasteiger partial charge >= 0.3 is 0 Å². The molecule has 1 aliphatic rings. The van der Waals surface area contributed by atoms with Crippen molar-refractivity contribution in [3.8, 4) is 34.0 Å². The van der Waals surface area contributed by atoms with Crippen molar-refractivity contribution in [2.45, 2.75) is 20.1 Å². The van der Waals surface area contributed by atoms with Crippen molar-refractivity contribution in [3.05, 3.63) is 95.6 Å². The standard InChI is InChI=1S/C26H23NO2/c1-18-23-17-29-24-11-7-6-10-22(24)26(23)27(16-19-8-4-3-5-9-19)25(18)20-12-14-21(28-2)15-13-20/h3-15H,16-17H2,1-2H3. The number of hydrogen-bond acceptors (Lipinski definition) is 2. The van der Waals surface area contributed by atoms with Crippen LogP contribution in [0, 0.1) is 6.92 Å². The first-order valence-corrected chi connectivity index (χ1v) is 9.89. The molecular formula is C26H23NO2. The summed E-state index contributed by atoms with van der Waals surface area (Å²) in [6.07, 6.45) is 0. The second-order valence-corrected chi connectivity index (χ2v) is 7.39. The lowest BCUT2D eigenvalue weighted by molar-refractivity contribution is 0.301. The van der Waals surface area contributed by atoms with Crippen LogP contribution in [-0.4, -0.2) is 11.7 Å². The van der Waals surface area contributed by atoms with Crippen LogP contribution in [0.5, 0.6) is 11.5 Å². The topological polar surface area (TPSA) is 23.4 Å². The molecule has 4 aromatic rings. The first-order chi connectivity index (χ1) is 14.3. The summed E-state index contributed by atoms with van der Waals surface area (Å²) in [4.78, 5) is 0. The van der Waals surface area contributed by atoms with Crippen LogP contribution in [0.15, 0.2) is 78.9 Å². The number of ether oxygens (including phenoxy) is 2. The van der Waals surface area contributed by atoms with E-state index >= 15 is 0 Å². The molecule has 0 fully saturated rings. The minimum Gasteiger partial charge on any atom is -0.497 e. The van der Waals surface area contributed by atoms with Crippen molar-refractivity contribution >= 4 is 0 Å². The van der Waals surface area contributed by atoms with Crippen LogP contribution in [0.4, 0.5) is 0 Å². The molecule has 5 rings (SSSR count). The Morgan fingerprint density at radius 2 is 1.59 bits per heavy atom. The summed E-state index contributed by atoms with van der Waals surface area (Å²) in [7, 11) is 1.70. The highest BCUT2D eigenvalue weighted by Crippen LogP contribution is 2.44. The summed E-state index contributed by atoms with van der Waals surface area (Å²) in [5.74, 6) is 1.82. The summed E-state index contributed by atoms with van der Waals surface area (Å²) < 4.78 is 13.9. The van der Waals surface area contributed by atoms with Crippen LogP contribution in [0.3, 0.4) is 0 Å². The highest BCUT2D eigenvalue weighted by atomic mass is 16.5. The molecule has 0 bridgehead atoms. The number of fused-ring (bicyclic) bond motifs is 3. The zero-order chi connectivity index (χ0) is 19.8. The fourth-order valence-electron chi connectivity index (χ4n) is 4.27. The van der Waals surface area contributed by atoms with Crippen LogP contribution in [0.1, 0.15) is 16.7 Å². The van der Waals surface area contributed by atoms with Gasteiger partial charge in [0.05, 0.1) is 18.5 Å². The largest absolute Gasteiger partial charge is 0.497 e. The second kappa shape index (κ2) is 7.17. The zero-order valence-corrected chi connectivity index (χ0v) is 16.7. The molecule has 3 heteroatoms. The van der Waals surface area contributed by atoms with Crippen LogP contribution >= 0.6 is 0 Å². The Balaban J connectivity index is 1.75. The Kier molecular flexibility index (Phi) is 4.36. The van der Waals surface area contributed by atoms with E-state index in [1.807, 2.05) is 18.2 Å². The van der Waals surface area contributed by atoms with Gasteiger partial charge in [0.15, 0.2) is 0 Å². The first-order valence-electron chi connectivity index (χ1n) is 9.89. The molecule has 1 aromatic heterocycles. The molecule has 3 aromatic carbocycles. The fraction of sp³-hybridized carbons (Fsp3) is 0.154. The molecule has 0 unspecified atom stereocenters. The van der Waals surface area contributed by atoms with Gasteiger partial charge in [-0.3, -0.25) is 0 Å². The molecule has 0 radical (unpaired) electrons. The van der Waals surface area contributed by atoms with E-state index in [-0.39, 0.29) is 0 Å². The molecule has 0 aliphatic carbocycles. The van der Waals surface area contributed by atoms with E-state index in [0.717, 1.165) is 23.6 Å². The van der Waals surface area contributed by atoms with Crippen LogP contribution in [0.2, 0.25) is 0 Å². The van der Waals surface area contributed by atoms with E-state index in [4.69, 9.17) is 9.47 Å². The molecule has 3 nitrogen and oxygen atoms in total. The Labute approximate surface area is 171 Å². The lowest BCUT2D eigenvalue weighted by Crippen LogP contribution is -2.09. The van der Waals surface area contributed by atoms with Gasteiger partial charge in [-0.1, -0.05) is 42.5 Å². The molecular weight excluding hydrogens is 358 g/mol. The van der Waals surface area contributed by atoms with Gasteiger partial charge in [-0.05, 0) is 60.0 Å². The Hall–Kier alpha value is -3.46. The normalized spacial score (nSPS) is 12.1. The third-order valence-corrected chi connectivity index (χ3v) is 5.69. The number of benzene rings is 3. The van der Waals surface area contributed by atoms with E-state index in [2.05, 4.69) is 72.2 Å². The van der Waals surface area contributed by atoms with Gasteiger partial charge in [-0.2, -0.15) is 0 Å². The van der Waals surface area contributed by atoms with Gasteiger partial charge in [-0.15, -0.1) is 0 Å². The van der Waals surface area contributed by atoms with Crippen molar-refractivity contribution < 1.29 is 9.47 Å². The predicted molar refractivity (Wildman–Crippen MR) is 116 cm³/mol.